The van der Waals surface area contributed by atoms with E-state index < -0.39 is 0 Å². The van der Waals surface area contributed by atoms with Crippen LogP contribution < -0.4 is 5.32 Å². The molecule has 5 nitrogen and oxygen atoms in total. The topological polar surface area (TPSA) is 83.5 Å². The Morgan fingerprint density at radius 2 is 1.81 bits per heavy atom. The summed E-state index contributed by atoms with van der Waals surface area (Å²) in [4.78, 5) is 27.3. The zero-order chi connectivity index (χ0) is 12.4. The third kappa shape index (κ3) is 6.48. The molecule has 2 N–H and O–H groups in total. The van der Waals surface area contributed by atoms with Gasteiger partial charge in [0.2, 0.25) is 5.91 Å². The fourth-order valence-electron chi connectivity index (χ4n) is 0.962. The second-order valence-corrected chi connectivity index (χ2v) is 2.97. The van der Waals surface area contributed by atoms with Crippen molar-refractivity contribution in [1.29, 1.82) is 0 Å². The first-order valence-corrected chi connectivity index (χ1v) is 4.60. The molecule has 0 unspecified atom stereocenters. The van der Waals surface area contributed by atoms with E-state index in [1.807, 2.05) is 31.2 Å². The summed E-state index contributed by atoms with van der Waals surface area (Å²) in [5.41, 5.74) is 1.92. The van der Waals surface area contributed by atoms with Crippen molar-refractivity contribution in [3.05, 3.63) is 29.8 Å². The van der Waals surface area contributed by atoms with E-state index in [0.717, 1.165) is 11.3 Å². The molecule has 0 saturated carbocycles. The number of anilines is 1. The number of aliphatic hydroxyl groups is 1. The van der Waals surface area contributed by atoms with Crippen LogP contribution in [0.1, 0.15) is 12.0 Å². The van der Waals surface area contributed by atoms with Gasteiger partial charge < -0.3 is 10.4 Å². The normalized spacial score (nSPS) is 8.38. The zero-order valence-electron chi connectivity index (χ0n) is 8.90. The summed E-state index contributed by atoms with van der Waals surface area (Å²) in [5.74, 6) is -0.161. The highest BCUT2D eigenvalue weighted by molar-refractivity contribution is 5.90. The van der Waals surface area contributed by atoms with Crippen LogP contribution in [0.4, 0.5) is 5.69 Å². The van der Waals surface area contributed by atoms with Gasteiger partial charge in [0.05, 0.1) is 13.0 Å². The summed E-state index contributed by atoms with van der Waals surface area (Å²) in [6.45, 7) is 1.87. The van der Waals surface area contributed by atoms with Gasteiger partial charge in [-0.25, -0.2) is 0 Å². The number of amides is 1. The molecule has 0 aromatic heterocycles. The van der Waals surface area contributed by atoms with Gasteiger partial charge in [-0.1, -0.05) is 17.7 Å². The van der Waals surface area contributed by atoms with E-state index in [-0.39, 0.29) is 25.1 Å². The summed E-state index contributed by atoms with van der Waals surface area (Å²) >= 11 is 0. The number of nitrogens with one attached hydrogen (secondary N) is 1. The fourth-order valence-corrected chi connectivity index (χ4v) is 0.962. The molecule has 0 bridgehead atoms. The molecule has 0 radical (unpaired) electrons. The Morgan fingerprint density at radius 1 is 1.31 bits per heavy atom. The summed E-state index contributed by atoms with van der Waals surface area (Å²) in [6, 6.07) is 7.53. The minimum Gasteiger partial charge on any atom is -0.396 e. The first kappa shape index (κ1) is 14.0. The molecule has 0 atom stereocenters. The average molecular weight is 223 g/mol. The SMILES string of the molecule is Cc1ccc(NC(=O)CCO)cc1.O=C=O. The van der Waals surface area contributed by atoms with E-state index in [9.17, 15) is 4.79 Å². The number of rotatable bonds is 3. The van der Waals surface area contributed by atoms with Gasteiger partial charge in [-0.3, -0.25) is 4.79 Å². The van der Waals surface area contributed by atoms with E-state index in [4.69, 9.17) is 14.7 Å². The molecule has 1 aromatic carbocycles. The molecular formula is C11H13NO4. The van der Waals surface area contributed by atoms with Crippen molar-refractivity contribution < 1.29 is 19.5 Å². The van der Waals surface area contributed by atoms with Gasteiger partial charge >= 0.3 is 6.15 Å². The number of aryl methyl sites for hydroxylation is 1. The second-order valence-electron chi connectivity index (χ2n) is 2.97. The lowest BCUT2D eigenvalue weighted by Gasteiger charge is -2.03. The highest BCUT2D eigenvalue weighted by Crippen LogP contribution is 2.08. The predicted molar refractivity (Wildman–Crippen MR) is 56.5 cm³/mol. The van der Waals surface area contributed by atoms with Crippen molar-refractivity contribution in [2.45, 2.75) is 13.3 Å². The molecule has 0 spiro atoms. The molecule has 1 aromatic rings. The Morgan fingerprint density at radius 3 is 2.25 bits per heavy atom. The Labute approximate surface area is 93.1 Å². The van der Waals surface area contributed by atoms with Crippen LogP contribution in [-0.4, -0.2) is 23.8 Å². The van der Waals surface area contributed by atoms with E-state index in [2.05, 4.69) is 5.32 Å². The second kappa shape index (κ2) is 8.35. The quantitative estimate of drug-likeness (QED) is 0.791. The van der Waals surface area contributed by atoms with Crippen LogP contribution in [-0.2, 0) is 14.4 Å². The molecule has 0 aliphatic heterocycles. The summed E-state index contributed by atoms with van der Waals surface area (Å²) in [5, 5.41) is 11.2. The molecular weight excluding hydrogens is 210 g/mol. The lowest BCUT2D eigenvalue weighted by atomic mass is 10.2. The monoisotopic (exact) mass is 223 g/mol. The van der Waals surface area contributed by atoms with Gasteiger partial charge in [0, 0.05) is 5.69 Å². The maximum Gasteiger partial charge on any atom is 0.373 e. The molecule has 16 heavy (non-hydrogen) atoms. The third-order valence-electron chi connectivity index (χ3n) is 1.67. The maximum absolute atomic E-state index is 11.0. The standard InChI is InChI=1S/C10H13NO2.CO2/c1-8-2-4-9(5-3-8)11-10(13)6-7-12;2-1-3/h2-5,12H,6-7H2,1H3,(H,11,13);. The van der Waals surface area contributed by atoms with Crippen molar-refractivity contribution in [2.24, 2.45) is 0 Å². The van der Waals surface area contributed by atoms with Crippen molar-refractivity contribution in [2.75, 3.05) is 11.9 Å². The van der Waals surface area contributed by atoms with Crippen molar-refractivity contribution in [3.63, 3.8) is 0 Å². The molecule has 0 aliphatic carbocycles. The highest BCUT2D eigenvalue weighted by Gasteiger charge is 1.99. The van der Waals surface area contributed by atoms with Crippen molar-refractivity contribution in [1.82, 2.24) is 0 Å². The van der Waals surface area contributed by atoms with E-state index in [1.165, 1.54) is 0 Å². The number of carbonyl (C=O) groups is 1. The number of aliphatic hydroxyl groups excluding tert-OH is 1. The van der Waals surface area contributed by atoms with Crippen LogP contribution in [0.15, 0.2) is 24.3 Å². The first-order valence-electron chi connectivity index (χ1n) is 4.60. The molecule has 0 heterocycles. The number of hydrogen-bond acceptors (Lipinski definition) is 4. The average Bonchev–Trinajstić information content (AvgIpc) is 2.23. The molecule has 0 fully saturated rings. The summed E-state index contributed by atoms with van der Waals surface area (Å²) in [7, 11) is 0. The minimum atomic E-state index is -0.161. The molecule has 5 heteroatoms. The van der Waals surface area contributed by atoms with Crippen molar-refractivity contribution >= 4 is 17.7 Å². The van der Waals surface area contributed by atoms with E-state index in [1.54, 1.807) is 0 Å². The van der Waals surface area contributed by atoms with Gasteiger partial charge in [0.1, 0.15) is 0 Å². The van der Waals surface area contributed by atoms with Gasteiger partial charge in [0.25, 0.3) is 0 Å². The Balaban J connectivity index is 0.000000673. The smallest absolute Gasteiger partial charge is 0.373 e. The van der Waals surface area contributed by atoms with E-state index in [0.29, 0.717) is 0 Å². The first-order chi connectivity index (χ1) is 7.63. The summed E-state index contributed by atoms with van der Waals surface area (Å²) < 4.78 is 0. The molecule has 0 saturated heterocycles. The van der Waals surface area contributed by atoms with Gasteiger partial charge in [-0.2, -0.15) is 9.59 Å². The Kier molecular flexibility index (Phi) is 7.32. The lowest BCUT2D eigenvalue weighted by molar-refractivity contribution is -0.191. The van der Waals surface area contributed by atoms with Gasteiger partial charge in [-0.05, 0) is 19.1 Å². The van der Waals surface area contributed by atoms with Crippen LogP contribution in [0.25, 0.3) is 0 Å². The highest BCUT2D eigenvalue weighted by atomic mass is 16.3. The Bertz CT molecular complexity index is 353. The van der Waals surface area contributed by atoms with Gasteiger partial charge in [0.15, 0.2) is 0 Å². The van der Waals surface area contributed by atoms with Crippen LogP contribution in [0.3, 0.4) is 0 Å². The predicted octanol–water partition coefficient (Wildman–Crippen LogP) is 0.732. The number of hydrogen-bond donors (Lipinski definition) is 2. The largest absolute Gasteiger partial charge is 0.396 e. The molecule has 1 amide bonds. The van der Waals surface area contributed by atoms with Crippen LogP contribution in [0.5, 0.6) is 0 Å². The Hall–Kier alpha value is -1.97. The number of benzene rings is 1. The summed E-state index contributed by atoms with van der Waals surface area (Å²) in [6.07, 6.45) is 0.397. The lowest BCUT2D eigenvalue weighted by Crippen LogP contribution is -2.12. The van der Waals surface area contributed by atoms with Crippen LogP contribution >= 0.6 is 0 Å². The van der Waals surface area contributed by atoms with Crippen LogP contribution in [0, 0.1) is 6.92 Å². The number of carbonyl (C=O) groups excluding carboxylic acids is 3. The molecule has 86 valence electrons. The zero-order valence-corrected chi connectivity index (χ0v) is 8.90. The van der Waals surface area contributed by atoms with Gasteiger partial charge in [-0.15, -0.1) is 0 Å². The van der Waals surface area contributed by atoms with Crippen molar-refractivity contribution in [3.8, 4) is 0 Å². The maximum atomic E-state index is 11.0. The fraction of sp³-hybridized carbons (Fsp3) is 0.273. The third-order valence-corrected chi connectivity index (χ3v) is 1.67. The van der Waals surface area contributed by atoms with E-state index >= 15 is 0 Å². The molecule has 0 aliphatic rings. The van der Waals surface area contributed by atoms with Crippen LogP contribution in [0.2, 0.25) is 0 Å². The molecule has 1 rings (SSSR count). The minimum absolute atomic E-state index is 0.113.